The zero-order valence-electron chi connectivity index (χ0n) is 25.0. The molecule has 3 aromatic rings. The third kappa shape index (κ3) is 8.67. The fourth-order valence-electron chi connectivity index (χ4n) is 4.41. The summed E-state index contributed by atoms with van der Waals surface area (Å²) in [7, 11) is -4.08. The van der Waals surface area contributed by atoms with E-state index in [-0.39, 0.29) is 29.2 Å². The second-order valence-electron chi connectivity index (χ2n) is 11.2. The predicted octanol–water partition coefficient (Wildman–Crippen LogP) is 5.55. The first kappa shape index (κ1) is 31.9. The van der Waals surface area contributed by atoms with Gasteiger partial charge in [-0.2, -0.15) is 0 Å². The van der Waals surface area contributed by atoms with E-state index in [1.165, 1.54) is 4.90 Å². The van der Waals surface area contributed by atoms with Crippen LogP contribution in [0.1, 0.15) is 57.2 Å². The van der Waals surface area contributed by atoms with Crippen molar-refractivity contribution in [1.29, 1.82) is 0 Å². The van der Waals surface area contributed by atoms with Crippen LogP contribution < -0.4 is 9.62 Å². The van der Waals surface area contributed by atoms with Gasteiger partial charge in [-0.15, -0.1) is 0 Å². The quantitative estimate of drug-likeness (QED) is 0.289. The second kappa shape index (κ2) is 14.3. The summed E-state index contributed by atoms with van der Waals surface area (Å²) in [4.78, 5) is 28.6. The summed E-state index contributed by atoms with van der Waals surface area (Å²) in [6, 6.07) is 22.8. The molecule has 0 spiro atoms. The molecule has 0 aliphatic carbocycles. The molecule has 0 heterocycles. The van der Waals surface area contributed by atoms with E-state index in [4.69, 9.17) is 0 Å². The lowest BCUT2D eigenvalue weighted by Gasteiger charge is -2.32. The molecule has 0 saturated heterocycles. The van der Waals surface area contributed by atoms with Crippen LogP contribution in [0.15, 0.2) is 83.8 Å². The molecule has 0 aliphatic rings. The standard InChI is InChI=1S/C33H43N3O4S/c1-24(2)22-34-33(38)27(6)35(21-20-28-10-8-7-9-11-28)32(37)23-36(30-16-14-29(15-17-30)25(3)4)41(39,40)31-18-12-26(5)13-19-31/h7-19,24-25,27H,20-23H2,1-6H3,(H,34,38). The van der Waals surface area contributed by atoms with Gasteiger partial charge in [0.2, 0.25) is 11.8 Å². The molecule has 1 atom stereocenters. The molecular formula is C33H43N3O4S. The highest BCUT2D eigenvalue weighted by Gasteiger charge is 2.32. The van der Waals surface area contributed by atoms with Crippen LogP contribution in [0.2, 0.25) is 0 Å². The first-order valence-corrected chi connectivity index (χ1v) is 15.6. The van der Waals surface area contributed by atoms with Crippen LogP contribution in [0.3, 0.4) is 0 Å². The molecule has 0 aliphatic heterocycles. The van der Waals surface area contributed by atoms with Crippen molar-refractivity contribution < 1.29 is 18.0 Å². The SMILES string of the molecule is Cc1ccc(S(=O)(=O)N(CC(=O)N(CCc2ccccc2)C(C)C(=O)NCC(C)C)c2ccc(C(C)C)cc2)cc1. The molecule has 0 saturated carbocycles. The van der Waals surface area contributed by atoms with Crippen LogP contribution in [0.25, 0.3) is 0 Å². The van der Waals surface area contributed by atoms with Crippen LogP contribution in [0, 0.1) is 12.8 Å². The molecule has 7 nitrogen and oxygen atoms in total. The molecule has 41 heavy (non-hydrogen) atoms. The van der Waals surface area contributed by atoms with E-state index >= 15 is 0 Å². The number of benzene rings is 3. The number of hydrogen-bond donors (Lipinski definition) is 1. The van der Waals surface area contributed by atoms with Gasteiger partial charge in [0.25, 0.3) is 10.0 Å². The Balaban J connectivity index is 1.98. The number of aryl methyl sites for hydroxylation is 1. The van der Waals surface area contributed by atoms with Crippen molar-refractivity contribution in [3.05, 3.63) is 95.6 Å². The minimum atomic E-state index is -4.08. The van der Waals surface area contributed by atoms with E-state index in [0.29, 0.717) is 18.7 Å². The normalized spacial score (nSPS) is 12.3. The topological polar surface area (TPSA) is 86.8 Å². The Bertz CT molecular complexity index is 1390. The number of nitrogens with one attached hydrogen (secondary N) is 1. The lowest BCUT2D eigenvalue weighted by molar-refractivity contribution is -0.138. The van der Waals surface area contributed by atoms with Gasteiger partial charge in [-0.3, -0.25) is 13.9 Å². The number of rotatable bonds is 13. The molecule has 3 rings (SSSR count). The van der Waals surface area contributed by atoms with Crippen molar-refractivity contribution in [3.8, 4) is 0 Å². The van der Waals surface area contributed by atoms with Crippen molar-refractivity contribution in [2.24, 2.45) is 5.92 Å². The Morgan fingerprint density at radius 3 is 2.00 bits per heavy atom. The summed E-state index contributed by atoms with van der Waals surface area (Å²) in [6.07, 6.45) is 0.530. The van der Waals surface area contributed by atoms with Crippen LogP contribution in [0.4, 0.5) is 5.69 Å². The Hall–Kier alpha value is -3.65. The summed E-state index contributed by atoms with van der Waals surface area (Å²) < 4.78 is 29.1. The number of anilines is 1. The smallest absolute Gasteiger partial charge is 0.264 e. The lowest BCUT2D eigenvalue weighted by atomic mass is 10.0. The second-order valence-corrected chi connectivity index (χ2v) is 13.1. The summed E-state index contributed by atoms with van der Waals surface area (Å²) in [6.45, 7) is 12.0. The van der Waals surface area contributed by atoms with Crippen LogP contribution in [-0.2, 0) is 26.0 Å². The van der Waals surface area contributed by atoms with Crippen LogP contribution in [-0.4, -0.2) is 50.8 Å². The molecular weight excluding hydrogens is 534 g/mol. The number of nitrogens with zero attached hydrogens (tertiary/aromatic N) is 2. The third-order valence-electron chi connectivity index (χ3n) is 7.07. The van der Waals surface area contributed by atoms with Crippen LogP contribution in [0.5, 0.6) is 0 Å². The Morgan fingerprint density at radius 2 is 1.44 bits per heavy atom. The molecule has 2 amide bonds. The van der Waals surface area contributed by atoms with Gasteiger partial charge in [-0.05, 0) is 67.5 Å². The monoisotopic (exact) mass is 577 g/mol. The molecule has 0 fully saturated rings. The first-order chi connectivity index (χ1) is 19.4. The Labute approximate surface area is 245 Å². The van der Waals surface area contributed by atoms with E-state index in [1.807, 2.05) is 63.2 Å². The lowest BCUT2D eigenvalue weighted by Crippen LogP contribution is -2.52. The molecule has 0 radical (unpaired) electrons. The molecule has 0 bridgehead atoms. The summed E-state index contributed by atoms with van der Waals surface area (Å²) in [5, 5.41) is 2.91. The van der Waals surface area contributed by atoms with Crippen molar-refractivity contribution in [1.82, 2.24) is 10.2 Å². The Morgan fingerprint density at radius 1 is 0.829 bits per heavy atom. The highest BCUT2D eigenvalue weighted by atomic mass is 32.2. The maximum absolute atomic E-state index is 14.0. The fraction of sp³-hybridized carbons (Fsp3) is 0.394. The zero-order chi connectivity index (χ0) is 30.2. The molecule has 3 aromatic carbocycles. The highest BCUT2D eigenvalue weighted by molar-refractivity contribution is 7.92. The predicted molar refractivity (Wildman–Crippen MR) is 165 cm³/mol. The number of hydrogen-bond acceptors (Lipinski definition) is 4. The van der Waals surface area contributed by atoms with Crippen molar-refractivity contribution in [3.63, 3.8) is 0 Å². The largest absolute Gasteiger partial charge is 0.354 e. The van der Waals surface area contributed by atoms with E-state index in [1.54, 1.807) is 43.3 Å². The summed E-state index contributed by atoms with van der Waals surface area (Å²) >= 11 is 0. The average molecular weight is 578 g/mol. The number of carbonyl (C=O) groups excluding carboxylic acids is 2. The minimum Gasteiger partial charge on any atom is -0.354 e. The number of sulfonamides is 1. The summed E-state index contributed by atoms with van der Waals surface area (Å²) in [5.74, 6) is -0.193. The fourth-order valence-corrected chi connectivity index (χ4v) is 5.83. The molecule has 1 unspecified atom stereocenters. The van der Waals surface area contributed by atoms with Gasteiger partial charge in [0, 0.05) is 13.1 Å². The highest BCUT2D eigenvalue weighted by Crippen LogP contribution is 2.26. The van der Waals surface area contributed by atoms with E-state index in [0.717, 1.165) is 21.0 Å². The van der Waals surface area contributed by atoms with Gasteiger partial charge in [0.05, 0.1) is 10.6 Å². The van der Waals surface area contributed by atoms with Gasteiger partial charge in [0.1, 0.15) is 12.6 Å². The van der Waals surface area contributed by atoms with Crippen molar-refractivity contribution in [2.45, 2.75) is 64.8 Å². The Kier molecular flexibility index (Phi) is 11.1. The molecule has 0 aromatic heterocycles. The van der Waals surface area contributed by atoms with E-state index in [2.05, 4.69) is 19.2 Å². The molecule has 1 N–H and O–H groups in total. The van der Waals surface area contributed by atoms with Crippen molar-refractivity contribution >= 4 is 27.5 Å². The zero-order valence-corrected chi connectivity index (χ0v) is 25.8. The van der Waals surface area contributed by atoms with Gasteiger partial charge in [0.15, 0.2) is 0 Å². The molecule has 220 valence electrons. The molecule has 8 heteroatoms. The van der Waals surface area contributed by atoms with Gasteiger partial charge >= 0.3 is 0 Å². The maximum Gasteiger partial charge on any atom is 0.264 e. The van der Waals surface area contributed by atoms with E-state index < -0.39 is 28.5 Å². The number of carbonyl (C=O) groups is 2. The first-order valence-electron chi connectivity index (χ1n) is 14.2. The van der Waals surface area contributed by atoms with Crippen molar-refractivity contribution in [2.75, 3.05) is 23.9 Å². The van der Waals surface area contributed by atoms with Crippen LogP contribution >= 0.6 is 0 Å². The summed E-state index contributed by atoms with van der Waals surface area (Å²) in [5.41, 5.74) is 3.41. The maximum atomic E-state index is 14.0. The third-order valence-corrected chi connectivity index (χ3v) is 8.86. The minimum absolute atomic E-state index is 0.0994. The van der Waals surface area contributed by atoms with E-state index in [9.17, 15) is 18.0 Å². The van der Waals surface area contributed by atoms with Gasteiger partial charge < -0.3 is 10.2 Å². The average Bonchev–Trinajstić information content (AvgIpc) is 2.95. The van der Waals surface area contributed by atoms with Gasteiger partial charge in [-0.1, -0.05) is 87.9 Å². The number of amides is 2. The van der Waals surface area contributed by atoms with Gasteiger partial charge in [-0.25, -0.2) is 8.42 Å².